The maximum Gasteiger partial charge on any atom is 0.441 e. The molecule has 0 aliphatic rings. The summed E-state index contributed by atoms with van der Waals surface area (Å²) in [7, 11) is 0. The first-order chi connectivity index (χ1) is 7.90. The summed E-state index contributed by atoms with van der Waals surface area (Å²) in [5.74, 6) is -0.0603. The third kappa shape index (κ3) is 5.27. The molecule has 0 spiro atoms. The molecule has 0 fully saturated rings. The van der Waals surface area contributed by atoms with Gasteiger partial charge in [0, 0.05) is 23.5 Å². The van der Waals surface area contributed by atoms with Crippen LogP contribution < -0.4 is 11.1 Å². The number of nitrogens with one attached hydrogen (secondary N) is 1. The van der Waals surface area contributed by atoms with Gasteiger partial charge < -0.3 is 11.1 Å². The number of rotatable bonds is 5. The quantitative estimate of drug-likeness (QED) is 0.642. The lowest BCUT2D eigenvalue weighted by molar-refractivity contribution is -0.0327. The third-order valence-corrected chi connectivity index (χ3v) is 2.83. The first-order valence-corrected chi connectivity index (χ1v) is 6.13. The molecule has 0 atom stereocenters. The maximum absolute atomic E-state index is 11.9. The van der Waals surface area contributed by atoms with Crippen molar-refractivity contribution >= 4 is 34.7 Å². The van der Waals surface area contributed by atoms with Crippen molar-refractivity contribution < 1.29 is 13.2 Å². The minimum Gasteiger partial charge on any atom is -0.389 e. The molecule has 0 saturated carbocycles. The number of nitrogens with two attached hydrogens (primary N) is 1. The number of hydrogen-bond acceptors (Lipinski definition) is 3. The van der Waals surface area contributed by atoms with Crippen LogP contribution in [0, 0.1) is 0 Å². The Balaban J connectivity index is 2.49. The van der Waals surface area contributed by atoms with E-state index < -0.39 is 5.51 Å². The van der Waals surface area contributed by atoms with E-state index in [4.69, 9.17) is 18.0 Å². The summed E-state index contributed by atoms with van der Waals surface area (Å²) in [5.41, 5.74) is 2.60. The number of alkyl halides is 3. The Bertz CT molecular complexity index is 393. The van der Waals surface area contributed by atoms with Crippen molar-refractivity contribution in [3.8, 4) is 0 Å². The van der Waals surface area contributed by atoms with E-state index in [0.29, 0.717) is 11.3 Å². The standard InChI is InChI=1S/C10H11F3N2S2/c11-10(12,13)17-6-5-15-8-4-2-1-3-7(8)9(14)16/h1-4,15H,5-6H2,(H2,14,16). The summed E-state index contributed by atoms with van der Waals surface area (Å²) >= 11 is 4.78. The van der Waals surface area contributed by atoms with E-state index in [2.05, 4.69) is 5.32 Å². The molecular weight excluding hydrogens is 269 g/mol. The number of halogens is 3. The predicted octanol–water partition coefficient (Wildman–Crippen LogP) is 2.99. The molecule has 17 heavy (non-hydrogen) atoms. The van der Waals surface area contributed by atoms with Gasteiger partial charge in [-0.25, -0.2) is 0 Å². The molecule has 3 N–H and O–H groups in total. The van der Waals surface area contributed by atoms with Gasteiger partial charge >= 0.3 is 5.51 Å². The summed E-state index contributed by atoms with van der Waals surface area (Å²) in [5, 5.41) is 2.88. The molecule has 7 heteroatoms. The van der Waals surface area contributed by atoms with Crippen LogP contribution in [-0.2, 0) is 0 Å². The highest BCUT2D eigenvalue weighted by Gasteiger charge is 2.27. The van der Waals surface area contributed by atoms with Crippen LogP contribution in [0.2, 0.25) is 0 Å². The van der Waals surface area contributed by atoms with E-state index in [1.165, 1.54) is 0 Å². The van der Waals surface area contributed by atoms with Gasteiger partial charge in [0.25, 0.3) is 0 Å². The van der Waals surface area contributed by atoms with Gasteiger partial charge in [0.2, 0.25) is 0 Å². The number of anilines is 1. The van der Waals surface area contributed by atoms with E-state index in [1.54, 1.807) is 24.3 Å². The fraction of sp³-hybridized carbons (Fsp3) is 0.300. The van der Waals surface area contributed by atoms with Gasteiger partial charge in [-0.1, -0.05) is 24.4 Å². The Morgan fingerprint density at radius 3 is 2.59 bits per heavy atom. The molecular formula is C10H11F3N2S2. The molecule has 0 bridgehead atoms. The SMILES string of the molecule is NC(=S)c1ccccc1NCCSC(F)(F)F. The van der Waals surface area contributed by atoms with Crippen molar-refractivity contribution in [2.24, 2.45) is 5.73 Å². The van der Waals surface area contributed by atoms with Gasteiger partial charge in [-0.15, -0.1) is 0 Å². The van der Waals surface area contributed by atoms with Crippen molar-refractivity contribution in [3.05, 3.63) is 29.8 Å². The van der Waals surface area contributed by atoms with E-state index in [-0.39, 0.29) is 29.0 Å². The van der Waals surface area contributed by atoms with Crippen molar-refractivity contribution in [1.82, 2.24) is 0 Å². The molecule has 0 aromatic heterocycles. The molecule has 2 nitrogen and oxygen atoms in total. The van der Waals surface area contributed by atoms with E-state index in [9.17, 15) is 13.2 Å². The van der Waals surface area contributed by atoms with E-state index in [0.717, 1.165) is 0 Å². The first-order valence-electron chi connectivity index (χ1n) is 4.73. The number of hydrogen-bond donors (Lipinski definition) is 2. The minimum absolute atomic E-state index is 0.0595. The molecule has 0 unspecified atom stereocenters. The molecule has 0 aliphatic carbocycles. The van der Waals surface area contributed by atoms with Crippen molar-refractivity contribution in [3.63, 3.8) is 0 Å². The van der Waals surface area contributed by atoms with E-state index >= 15 is 0 Å². The summed E-state index contributed by atoms with van der Waals surface area (Å²) in [6, 6.07) is 6.99. The van der Waals surface area contributed by atoms with Crippen LogP contribution in [0.4, 0.5) is 18.9 Å². The van der Waals surface area contributed by atoms with Crippen molar-refractivity contribution in [2.75, 3.05) is 17.6 Å². The Morgan fingerprint density at radius 1 is 1.35 bits per heavy atom. The highest BCUT2D eigenvalue weighted by molar-refractivity contribution is 8.00. The second-order valence-electron chi connectivity index (χ2n) is 3.13. The number of para-hydroxylation sites is 1. The highest BCUT2D eigenvalue weighted by Crippen LogP contribution is 2.29. The van der Waals surface area contributed by atoms with Gasteiger partial charge in [-0.2, -0.15) is 13.2 Å². The van der Waals surface area contributed by atoms with Gasteiger partial charge in [0.1, 0.15) is 4.99 Å². The Kier molecular flexibility index (Phi) is 5.07. The topological polar surface area (TPSA) is 38.0 Å². The Labute approximate surface area is 107 Å². The van der Waals surface area contributed by atoms with Gasteiger partial charge in [-0.3, -0.25) is 0 Å². The van der Waals surface area contributed by atoms with Crippen LogP contribution in [0.15, 0.2) is 24.3 Å². The lowest BCUT2D eigenvalue weighted by Gasteiger charge is -2.11. The largest absolute Gasteiger partial charge is 0.441 e. The lowest BCUT2D eigenvalue weighted by atomic mass is 10.2. The summed E-state index contributed by atoms with van der Waals surface area (Å²) in [6.45, 7) is 0.198. The smallest absolute Gasteiger partial charge is 0.389 e. The summed E-state index contributed by atoms with van der Waals surface area (Å²) < 4.78 is 35.7. The zero-order valence-corrected chi connectivity index (χ0v) is 10.4. The van der Waals surface area contributed by atoms with Gasteiger partial charge in [-0.05, 0) is 23.9 Å². The Hall–Kier alpha value is -0.950. The Morgan fingerprint density at radius 2 is 2.00 bits per heavy atom. The molecule has 94 valence electrons. The molecule has 1 aromatic rings. The van der Waals surface area contributed by atoms with Crippen LogP contribution in [0.1, 0.15) is 5.56 Å². The van der Waals surface area contributed by atoms with Gasteiger partial charge in [0.05, 0.1) is 0 Å². The molecule has 1 rings (SSSR count). The van der Waals surface area contributed by atoms with Crippen LogP contribution in [0.5, 0.6) is 0 Å². The lowest BCUT2D eigenvalue weighted by Crippen LogP contribution is -2.15. The molecule has 0 aliphatic heterocycles. The number of thioether (sulfide) groups is 1. The van der Waals surface area contributed by atoms with Crippen LogP contribution in [0.3, 0.4) is 0 Å². The fourth-order valence-corrected chi connectivity index (χ4v) is 1.82. The molecule has 1 aromatic carbocycles. The number of benzene rings is 1. The average Bonchev–Trinajstić information content (AvgIpc) is 2.23. The molecule has 0 heterocycles. The number of thiocarbonyl (C=S) groups is 1. The second-order valence-corrected chi connectivity index (χ2v) is 4.73. The highest BCUT2D eigenvalue weighted by atomic mass is 32.2. The second kappa shape index (κ2) is 6.11. The predicted molar refractivity (Wildman–Crippen MR) is 69.3 cm³/mol. The van der Waals surface area contributed by atoms with E-state index in [1.807, 2.05) is 0 Å². The molecule has 0 amide bonds. The fourth-order valence-electron chi connectivity index (χ4n) is 1.20. The monoisotopic (exact) mass is 280 g/mol. The van der Waals surface area contributed by atoms with Crippen LogP contribution in [-0.4, -0.2) is 22.8 Å². The first kappa shape index (κ1) is 14.1. The zero-order valence-electron chi connectivity index (χ0n) is 8.75. The average molecular weight is 280 g/mol. The maximum atomic E-state index is 11.9. The minimum atomic E-state index is -4.19. The summed E-state index contributed by atoms with van der Waals surface area (Å²) in [6.07, 6.45) is 0. The van der Waals surface area contributed by atoms with Crippen molar-refractivity contribution in [1.29, 1.82) is 0 Å². The van der Waals surface area contributed by atoms with Crippen LogP contribution in [0.25, 0.3) is 0 Å². The zero-order chi connectivity index (χ0) is 12.9. The summed E-state index contributed by atoms with van der Waals surface area (Å²) in [4.78, 5) is 0.219. The van der Waals surface area contributed by atoms with Crippen molar-refractivity contribution in [2.45, 2.75) is 5.51 Å². The molecule has 0 saturated heterocycles. The molecule has 0 radical (unpaired) electrons. The third-order valence-electron chi connectivity index (χ3n) is 1.88. The normalized spacial score (nSPS) is 11.2. The van der Waals surface area contributed by atoms with Gasteiger partial charge in [0.15, 0.2) is 0 Å². The van der Waals surface area contributed by atoms with Crippen LogP contribution >= 0.6 is 24.0 Å².